The van der Waals surface area contributed by atoms with Crippen LogP contribution in [0.3, 0.4) is 0 Å². The Morgan fingerprint density at radius 3 is 2.11 bits per heavy atom. The molecule has 0 radical (unpaired) electrons. The van der Waals surface area contributed by atoms with Crippen molar-refractivity contribution in [3.05, 3.63) is 305 Å². The number of fused-ring (bicyclic) bond motifs is 8. The van der Waals surface area contributed by atoms with Crippen molar-refractivity contribution in [1.82, 2.24) is 4.90 Å². The zero-order chi connectivity index (χ0) is 59.3. The summed E-state index contributed by atoms with van der Waals surface area (Å²) in [6.45, 7) is 13.4. The number of halogens is 4. The maximum atomic E-state index is 15.3. The van der Waals surface area contributed by atoms with Crippen LogP contribution in [0.15, 0.2) is 288 Å². The molecule has 15 unspecified atom stereocenters. The summed E-state index contributed by atoms with van der Waals surface area (Å²) in [6.07, 6.45) is 69.7. The van der Waals surface area contributed by atoms with Crippen molar-refractivity contribution in [2.24, 2.45) is 58.7 Å². The molecule has 12 aliphatic carbocycles. The lowest BCUT2D eigenvalue weighted by Gasteiger charge is -2.50. The highest BCUT2D eigenvalue weighted by atomic mass is 28.3. The summed E-state index contributed by atoms with van der Waals surface area (Å²) in [6, 6.07) is 16.1. The number of nitrogens with zero attached hydrogens (tertiary/aromatic N) is 2. The second-order valence-corrected chi connectivity index (χ2v) is 32.6. The van der Waals surface area contributed by atoms with E-state index in [2.05, 4.69) is 182 Å². The highest BCUT2D eigenvalue weighted by molar-refractivity contribution is 6.82. The van der Waals surface area contributed by atoms with Crippen molar-refractivity contribution in [2.45, 2.75) is 112 Å². The lowest BCUT2D eigenvalue weighted by atomic mass is 9.53. The predicted molar refractivity (Wildman–Crippen MR) is 352 cm³/mol. The molecule has 7 heteroatoms. The Kier molecular flexibility index (Phi) is 14.3. The van der Waals surface area contributed by atoms with E-state index < -0.39 is 8.07 Å². The van der Waals surface area contributed by atoms with Crippen LogP contribution in [0.25, 0.3) is 0 Å². The third kappa shape index (κ3) is 9.03. The van der Waals surface area contributed by atoms with Gasteiger partial charge in [0, 0.05) is 57.6 Å². The quantitative estimate of drug-likeness (QED) is 0.119. The third-order valence-electron chi connectivity index (χ3n) is 23.5. The van der Waals surface area contributed by atoms with Gasteiger partial charge in [-0.2, -0.15) is 0 Å². The first-order valence-electron chi connectivity index (χ1n) is 32.6. The van der Waals surface area contributed by atoms with Crippen LogP contribution in [0, 0.1) is 64.5 Å². The highest BCUT2D eigenvalue weighted by Crippen LogP contribution is 2.68. The van der Waals surface area contributed by atoms with Crippen molar-refractivity contribution in [1.29, 1.82) is 0 Å². The lowest BCUT2D eigenvalue weighted by Crippen LogP contribution is -2.47. The molecule has 15 atom stereocenters. The van der Waals surface area contributed by atoms with E-state index in [1.807, 2.05) is 36.4 Å². The van der Waals surface area contributed by atoms with Gasteiger partial charge < -0.3 is 9.80 Å². The van der Waals surface area contributed by atoms with E-state index in [-0.39, 0.29) is 93.4 Å². The second-order valence-electron chi connectivity index (χ2n) is 27.7. The van der Waals surface area contributed by atoms with E-state index >= 15 is 17.6 Å². The largest absolute Gasteiger partial charge is 0.334 e. The number of anilines is 1. The molecule has 0 saturated carbocycles. The molecule has 1 saturated heterocycles. The minimum absolute atomic E-state index is 0.00202. The van der Waals surface area contributed by atoms with Gasteiger partial charge in [-0.3, -0.25) is 0 Å². The highest BCUT2D eigenvalue weighted by Gasteiger charge is 2.61. The fraction of sp³-hybridized carbons (Fsp3) is 0.350. The van der Waals surface area contributed by atoms with Gasteiger partial charge in [-0.25, -0.2) is 17.6 Å². The Hall–Kier alpha value is -7.22. The SMILES string of the molecule is C=CC1=CCC(C2(C3CC=C(F)CC3)c3ccccc3C3C=CC(N(C4=CC5C6C=C(N(c7ccc(F)cc7)C7C=CC8=C(C7)C(C7=CCC(C=C)C=C7)(C7C=CC(F)=CC7)C7CCC=CC87)C=CC6[Si](C)(C)C5C=C4)C4=CC=C(F)CC4)=CC32)C=C1. The molecule has 13 aliphatic rings. The van der Waals surface area contributed by atoms with Crippen LogP contribution < -0.4 is 4.90 Å². The molecule has 0 bridgehead atoms. The van der Waals surface area contributed by atoms with Gasteiger partial charge in [-0.15, -0.1) is 6.58 Å². The van der Waals surface area contributed by atoms with Crippen molar-refractivity contribution in [3.8, 4) is 0 Å². The number of hydrogen-bond acceptors (Lipinski definition) is 2. The normalized spacial score (nSPS) is 36.3. The van der Waals surface area contributed by atoms with E-state index in [1.54, 1.807) is 30.4 Å². The van der Waals surface area contributed by atoms with Crippen LogP contribution in [0.5, 0.6) is 0 Å². The fourth-order valence-corrected chi connectivity index (χ4v) is 23.9. The van der Waals surface area contributed by atoms with Crippen molar-refractivity contribution in [3.63, 3.8) is 0 Å². The molecule has 0 N–H and O–H groups in total. The fourth-order valence-electron chi connectivity index (χ4n) is 19.7. The first-order chi connectivity index (χ1) is 42.4. The van der Waals surface area contributed by atoms with Crippen molar-refractivity contribution in [2.75, 3.05) is 4.90 Å². The van der Waals surface area contributed by atoms with Crippen molar-refractivity contribution >= 4 is 13.8 Å². The Labute approximate surface area is 514 Å². The summed E-state index contributed by atoms with van der Waals surface area (Å²) >= 11 is 0. The molecule has 442 valence electrons. The second kappa shape index (κ2) is 22.1. The van der Waals surface area contributed by atoms with Crippen LogP contribution >= 0.6 is 0 Å². The van der Waals surface area contributed by atoms with Gasteiger partial charge in [0.15, 0.2) is 0 Å². The molecule has 2 aromatic rings. The number of rotatable bonds is 12. The molecule has 87 heavy (non-hydrogen) atoms. The summed E-state index contributed by atoms with van der Waals surface area (Å²) in [4.78, 5) is 4.97. The van der Waals surface area contributed by atoms with Gasteiger partial charge in [0.1, 0.15) is 17.5 Å². The summed E-state index contributed by atoms with van der Waals surface area (Å²) < 4.78 is 60.8. The van der Waals surface area contributed by atoms with Gasteiger partial charge in [0.2, 0.25) is 0 Å². The first kappa shape index (κ1) is 56.3. The zero-order valence-electron chi connectivity index (χ0n) is 50.3. The summed E-state index contributed by atoms with van der Waals surface area (Å²) in [5.74, 6) is 1.44. The molecule has 0 aromatic heterocycles. The first-order valence-corrected chi connectivity index (χ1v) is 35.7. The maximum Gasteiger partial charge on any atom is 0.123 e. The van der Waals surface area contributed by atoms with Crippen LogP contribution in [-0.2, 0) is 5.41 Å². The Morgan fingerprint density at radius 2 is 1.40 bits per heavy atom. The number of benzene rings is 2. The molecular formula is C80H80F4N2Si. The smallest absolute Gasteiger partial charge is 0.123 e. The van der Waals surface area contributed by atoms with Gasteiger partial charge in [0.05, 0.1) is 19.9 Å². The third-order valence-corrected chi connectivity index (χ3v) is 28.1. The standard InChI is InChI=1S/C80H80F4N2Si/c1-5-51-15-19-53(20-16-51)79(55-23-27-57(81)28-24-55)73-13-9-7-11-67(73)69-43-39-65(49-75(69)79)85(61-35-31-59(83)32-36-61)63-41-45-77-71(47-63)72-48-64(42-46-78(72)87(77,3)4)86(62-37-33-60(84)34-38-62)66-40-44-70-68-12-8-10-14-74(68)80(76(70)50-66,56-25-29-58(82)30-26-56)54-21-17-52(6-2)18-22-54/h5-9,11-13,15-17,19,21-22,25,27,29-31,33-35,37-49,52-53,55-56,66,68-69,71-72,74-75,77-78H,1-2,10,14,18,20,23-24,26,28,32,36,50H2,3-4H3. The Morgan fingerprint density at radius 1 is 0.632 bits per heavy atom. The summed E-state index contributed by atoms with van der Waals surface area (Å²) in [7, 11) is -2.02. The van der Waals surface area contributed by atoms with Crippen LogP contribution in [0.4, 0.5) is 23.2 Å². The molecule has 2 aromatic carbocycles. The Bertz CT molecular complexity index is 3810. The molecule has 1 aliphatic heterocycles. The number of allylic oxidation sites excluding steroid dienone is 33. The molecule has 15 rings (SSSR count). The molecule has 0 amide bonds. The number of hydrogen-bond donors (Lipinski definition) is 0. The van der Waals surface area contributed by atoms with Crippen LogP contribution in [0.1, 0.15) is 87.7 Å². The minimum Gasteiger partial charge on any atom is -0.334 e. The van der Waals surface area contributed by atoms with E-state index in [4.69, 9.17) is 0 Å². The average Bonchev–Trinajstić information content (AvgIpc) is 1.62. The van der Waals surface area contributed by atoms with E-state index in [0.717, 1.165) is 72.6 Å². The molecule has 2 nitrogen and oxygen atoms in total. The minimum atomic E-state index is -2.02. The summed E-state index contributed by atoms with van der Waals surface area (Å²) in [5.41, 5.74) is 13.6. The summed E-state index contributed by atoms with van der Waals surface area (Å²) in [5, 5.41) is 0. The maximum absolute atomic E-state index is 15.3. The van der Waals surface area contributed by atoms with Gasteiger partial charge in [-0.1, -0.05) is 171 Å². The van der Waals surface area contributed by atoms with Gasteiger partial charge in [0.25, 0.3) is 0 Å². The topological polar surface area (TPSA) is 6.48 Å². The van der Waals surface area contributed by atoms with E-state index in [9.17, 15) is 0 Å². The molecule has 1 heterocycles. The monoisotopic (exact) mass is 1170 g/mol. The Balaban J connectivity index is 0.826. The average molecular weight is 1170 g/mol. The molecule has 1 fully saturated rings. The molecular weight excluding hydrogens is 1090 g/mol. The van der Waals surface area contributed by atoms with E-state index in [0.29, 0.717) is 49.1 Å². The van der Waals surface area contributed by atoms with Crippen molar-refractivity contribution < 1.29 is 17.6 Å². The molecule has 0 spiro atoms. The predicted octanol–water partition coefficient (Wildman–Crippen LogP) is 20.8. The zero-order valence-corrected chi connectivity index (χ0v) is 51.3. The lowest BCUT2D eigenvalue weighted by molar-refractivity contribution is 0.131. The van der Waals surface area contributed by atoms with E-state index in [1.165, 1.54) is 27.8 Å². The van der Waals surface area contributed by atoms with Gasteiger partial charge in [-0.05, 0) is 217 Å². The van der Waals surface area contributed by atoms with Gasteiger partial charge >= 0.3 is 0 Å². The van der Waals surface area contributed by atoms with Crippen LogP contribution in [0.2, 0.25) is 24.2 Å². The van der Waals surface area contributed by atoms with Crippen LogP contribution in [-0.4, -0.2) is 19.0 Å².